The van der Waals surface area contributed by atoms with Crippen LogP contribution in [0.25, 0.3) is 0 Å². The molecule has 0 saturated carbocycles. The lowest BCUT2D eigenvalue weighted by Gasteiger charge is -2.07. The van der Waals surface area contributed by atoms with Gasteiger partial charge < -0.3 is 14.6 Å². The molecule has 0 unspecified atom stereocenters. The predicted molar refractivity (Wildman–Crippen MR) is 71.4 cm³/mol. The summed E-state index contributed by atoms with van der Waals surface area (Å²) in [5, 5.41) is 9.99. The maximum atomic E-state index is 11.7. The maximum absolute atomic E-state index is 11.7. The standard InChI is InChI=1S/C12H12N2O4S/c1-17-7-3-5-8(6-4-7)18-9-10(15)13-12(19-2)14-11(9)16/h3-6H,1-2H3,(H2,13,14,15,16). The van der Waals surface area contributed by atoms with E-state index in [0.717, 1.165) is 0 Å². The summed E-state index contributed by atoms with van der Waals surface area (Å²) in [6, 6.07) is 6.62. The van der Waals surface area contributed by atoms with Crippen LogP contribution in [0.1, 0.15) is 0 Å². The van der Waals surface area contributed by atoms with E-state index in [-0.39, 0.29) is 5.75 Å². The first-order chi connectivity index (χ1) is 9.13. The average molecular weight is 280 g/mol. The van der Waals surface area contributed by atoms with Crippen molar-refractivity contribution in [3.8, 4) is 23.1 Å². The third-order valence-corrected chi connectivity index (χ3v) is 2.89. The molecule has 6 nitrogen and oxygen atoms in total. The van der Waals surface area contributed by atoms with Crippen molar-refractivity contribution in [1.82, 2.24) is 9.97 Å². The monoisotopic (exact) mass is 280 g/mol. The molecule has 1 aromatic heterocycles. The van der Waals surface area contributed by atoms with Gasteiger partial charge in [-0.3, -0.25) is 9.78 Å². The molecule has 1 heterocycles. The van der Waals surface area contributed by atoms with E-state index in [1.807, 2.05) is 0 Å². The van der Waals surface area contributed by atoms with Gasteiger partial charge in [0.15, 0.2) is 5.16 Å². The Balaban J connectivity index is 2.30. The summed E-state index contributed by atoms with van der Waals surface area (Å²) in [5.74, 6) is 0.397. The highest BCUT2D eigenvalue weighted by atomic mass is 32.2. The van der Waals surface area contributed by atoms with Gasteiger partial charge in [0.25, 0.3) is 17.2 Å². The molecule has 0 aliphatic rings. The first-order valence-electron chi connectivity index (χ1n) is 5.33. The number of hydrogen-bond donors (Lipinski definition) is 2. The lowest BCUT2D eigenvalue weighted by Crippen LogP contribution is -2.11. The summed E-state index contributed by atoms with van der Waals surface area (Å²) < 4.78 is 10.3. The molecule has 0 fully saturated rings. The summed E-state index contributed by atoms with van der Waals surface area (Å²) in [5.41, 5.74) is -0.535. The van der Waals surface area contributed by atoms with Gasteiger partial charge >= 0.3 is 0 Å². The van der Waals surface area contributed by atoms with Crippen LogP contribution in [0.15, 0.2) is 34.2 Å². The van der Waals surface area contributed by atoms with Gasteiger partial charge in [-0.15, -0.1) is 0 Å². The molecule has 1 aromatic carbocycles. The lowest BCUT2D eigenvalue weighted by atomic mass is 10.3. The molecule has 0 aliphatic heterocycles. The van der Waals surface area contributed by atoms with Crippen molar-refractivity contribution < 1.29 is 14.6 Å². The Kier molecular flexibility index (Phi) is 3.96. The van der Waals surface area contributed by atoms with Crippen LogP contribution >= 0.6 is 11.8 Å². The van der Waals surface area contributed by atoms with Crippen LogP contribution in [-0.2, 0) is 0 Å². The van der Waals surface area contributed by atoms with E-state index >= 15 is 0 Å². The molecular weight excluding hydrogens is 268 g/mol. The molecule has 0 atom stereocenters. The third kappa shape index (κ3) is 3.00. The molecule has 0 radical (unpaired) electrons. The number of H-pyrrole nitrogens is 1. The Morgan fingerprint density at radius 2 is 1.89 bits per heavy atom. The number of hydrogen-bond acceptors (Lipinski definition) is 6. The fourth-order valence-corrected chi connectivity index (χ4v) is 1.75. The van der Waals surface area contributed by atoms with Gasteiger partial charge in [-0.05, 0) is 30.5 Å². The number of nitrogens with one attached hydrogen (secondary N) is 1. The number of rotatable bonds is 4. The molecule has 2 N–H and O–H groups in total. The molecule has 0 aliphatic carbocycles. The van der Waals surface area contributed by atoms with Crippen molar-refractivity contribution in [3.05, 3.63) is 34.6 Å². The molecule has 19 heavy (non-hydrogen) atoms. The molecule has 0 saturated heterocycles. The number of methoxy groups -OCH3 is 1. The second kappa shape index (κ2) is 5.66. The molecule has 0 bridgehead atoms. The van der Waals surface area contributed by atoms with Crippen LogP contribution in [0.4, 0.5) is 0 Å². The highest BCUT2D eigenvalue weighted by Crippen LogP contribution is 2.27. The molecule has 2 aromatic rings. The molecule has 7 heteroatoms. The Morgan fingerprint density at radius 1 is 1.26 bits per heavy atom. The molecule has 2 rings (SSSR count). The number of ether oxygens (including phenoxy) is 2. The van der Waals surface area contributed by atoms with Crippen molar-refractivity contribution >= 4 is 11.8 Å². The Hall–Kier alpha value is -2.15. The second-order valence-electron chi connectivity index (χ2n) is 3.51. The number of nitrogens with zero attached hydrogens (tertiary/aromatic N) is 1. The van der Waals surface area contributed by atoms with Gasteiger partial charge in [-0.25, -0.2) is 0 Å². The van der Waals surface area contributed by atoms with Crippen molar-refractivity contribution in [2.24, 2.45) is 0 Å². The van der Waals surface area contributed by atoms with Crippen LogP contribution in [0.2, 0.25) is 0 Å². The summed E-state index contributed by atoms with van der Waals surface area (Å²) in [6.45, 7) is 0. The van der Waals surface area contributed by atoms with E-state index in [0.29, 0.717) is 16.7 Å². The zero-order chi connectivity index (χ0) is 13.8. The minimum Gasteiger partial charge on any atom is -0.497 e. The Morgan fingerprint density at radius 3 is 2.42 bits per heavy atom. The summed E-state index contributed by atoms with van der Waals surface area (Å²) in [6.07, 6.45) is 1.74. The van der Waals surface area contributed by atoms with Gasteiger partial charge in [0.1, 0.15) is 11.5 Å². The quantitative estimate of drug-likeness (QED) is 0.658. The smallest absolute Gasteiger partial charge is 0.298 e. The van der Waals surface area contributed by atoms with E-state index in [1.54, 1.807) is 37.6 Å². The van der Waals surface area contributed by atoms with E-state index in [1.165, 1.54) is 11.8 Å². The number of benzene rings is 1. The summed E-state index contributed by atoms with van der Waals surface area (Å²) in [4.78, 5) is 18.0. The van der Waals surface area contributed by atoms with E-state index in [9.17, 15) is 9.90 Å². The zero-order valence-electron chi connectivity index (χ0n) is 10.3. The minimum atomic E-state index is -0.535. The first kappa shape index (κ1) is 13.3. The van der Waals surface area contributed by atoms with Crippen molar-refractivity contribution in [2.45, 2.75) is 5.16 Å². The van der Waals surface area contributed by atoms with E-state index < -0.39 is 11.4 Å². The lowest BCUT2D eigenvalue weighted by molar-refractivity contribution is 0.382. The van der Waals surface area contributed by atoms with Crippen molar-refractivity contribution in [2.75, 3.05) is 13.4 Å². The number of aromatic amines is 1. The van der Waals surface area contributed by atoms with Crippen molar-refractivity contribution in [1.29, 1.82) is 0 Å². The molecule has 0 amide bonds. The van der Waals surface area contributed by atoms with Crippen LogP contribution in [0.5, 0.6) is 23.1 Å². The largest absolute Gasteiger partial charge is 0.497 e. The topological polar surface area (TPSA) is 84.4 Å². The van der Waals surface area contributed by atoms with E-state index in [2.05, 4.69) is 9.97 Å². The molecular formula is C12H12N2O4S. The SMILES string of the molecule is COc1ccc(Oc2c(O)nc(SC)[nH]c2=O)cc1. The number of aromatic nitrogens is 2. The normalized spacial score (nSPS) is 10.2. The minimum absolute atomic E-state index is 0.233. The molecule has 0 spiro atoms. The average Bonchev–Trinajstić information content (AvgIpc) is 2.43. The van der Waals surface area contributed by atoms with Gasteiger partial charge in [0.05, 0.1) is 7.11 Å². The first-order valence-corrected chi connectivity index (χ1v) is 6.55. The van der Waals surface area contributed by atoms with Crippen LogP contribution in [0, 0.1) is 0 Å². The summed E-state index contributed by atoms with van der Waals surface area (Å²) in [7, 11) is 1.55. The number of thioether (sulfide) groups is 1. The zero-order valence-corrected chi connectivity index (χ0v) is 11.2. The number of aromatic hydroxyl groups is 1. The van der Waals surface area contributed by atoms with Crippen LogP contribution < -0.4 is 15.0 Å². The van der Waals surface area contributed by atoms with Gasteiger partial charge in [-0.1, -0.05) is 11.8 Å². The highest BCUT2D eigenvalue weighted by molar-refractivity contribution is 7.98. The van der Waals surface area contributed by atoms with Crippen LogP contribution in [-0.4, -0.2) is 28.4 Å². The Labute approximate surface area is 113 Å². The van der Waals surface area contributed by atoms with Gasteiger partial charge in [-0.2, -0.15) is 4.98 Å². The van der Waals surface area contributed by atoms with E-state index in [4.69, 9.17) is 9.47 Å². The predicted octanol–water partition coefficient (Wildman–Crippen LogP) is 2.00. The highest BCUT2D eigenvalue weighted by Gasteiger charge is 2.12. The van der Waals surface area contributed by atoms with Gasteiger partial charge in [0, 0.05) is 0 Å². The third-order valence-electron chi connectivity index (χ3n) is 2.31. The maximum Gasteiger partial charge on any atom is 0.298 e. The van der Waals surface area contributed by atoms with Gasteiger partial charge in [0.2, 0.25) is 0 Å². The van der Waals surface area contributed by atoms with Crippen molar-refractivity contribution in [3.63, 3.8) is 0 Å². The second-order valence-corrected chi connectivity index (χ2v) is 4.30. The fraction of sp³-hybridized carbons (Fsp3) is 0.167. The van der Waals surface area contributed by atoms with Crippen LogP contribution in [0.3, 0.4) is 0 Å². The fourth-order valence-electron chi connectivity index (χ4n) is 1.38. The molecule has 100 valence electrons. The Bertz CT molecular complexity index is 625. The summed E-state index contributed by atoms with van der Waals surface area (Å²) >= 11 is 1.22.